The van der Waals surface area contributed by atoms with Crippen LogP contribution in [0.2, 0.25) is 0 Å². The third-order valence-corrected chi connectivity index (χ3v) is 3.75. The lowest BCUT2D eigenvalue weighted by Crippen LogP contribution is -2.42. The largest absolute Gasteiger partial charge is 0.332 e. The van der Waals surface area contributed by atoms with Crippen LogP contribution in [0.15, 0.2) is 0 Å². The number of carbonyl (C=O) groups excluding carboxylic acids is 2. The van der Waals surface area contributed by atoms with Gasteiger partial charge in [-0.1, -0.05) is 26.7 Å². The van der Waals surface area contributed by atoms with Gasteiger partial charge in [0.25, 0.3) is 0 Å². The molecule has 98 valence electrons. The molecule has 2 atom stereocenters. The summed E-state index contributed by atoms with van der Waals surface area (Å²) in [6.07, 6.45) is 5.90. The Balaban J connectivity index is 2.63. The lowest BCUT2D eigenvalue weighted by atomic mass is 9.97. The summed E-state index contributed by atoms with van der Waals surface area (Å²) in [5, 5.41) is 0. The summed E-state index contributed by atoms with van der Waals surface area (Å²) in [6, 6.07) is -0.141. The number of likely N-dealkylation sites (tertiary alicyclic amines) is 1. The minimum atomic E-state index is -0.141. The van der Waals surface area contributed by atoms with Crippen LogP contribution >= 0.6 is 0 Å². The van der Waals surface area contributed by atoms with E-state index in [1.165, 1.54) is 0 Å². The second kappa shape index (κ2) is 6.77. The molecular formula is C14H25NO2. The van der Waals surface area contributed by atoms with Crippen molar-refractivity contribution in [1.82, 2.24) is 4.90 Å². The molecular weight excluding hydrogens is 214 g/mol. The number of Topliss-reactive ketones (excluding diaryl/α,β-unsaturated/α-hetero) is 1. The molecule has 1 amide bonds. The molecule has 1 aliphatic rings. The summed E-state index contributed by atoms with van der Waals surface area (Å²) in [7, 11) is 0. The van der Waals surface area contributed by atoms with E-state index in [0.29, 0.717) is 0 Å². The van der Waals surface area contributed by atoms with Gasteiger partial charge in [0, 0.05) is 12.5 Å². The van der Waals surface area contributed by atoms with Crippen LogP contribution in [-0.2, 0) is 9.59 Å². The molecule has 1 heterocycles. The van der Waals surface area contributed by atoms with Gasteiger partial charge in [-0.05, 0) is 32.6 Å². The highest BCUT2D eigenvalue weighted by atomic mass is 16.2. The molecule has 3 nitrogen and oxygen atoms in total. The van der Waals surface area contributed by atoms with E-state index in [1.54, 1.807) is 6.92 Å². The summed E-state index contributed by atoms with van der Waals surface area (Å²) >= 11 is 0. The van der Waals surface area contributed by atoms with Gasteiger partial charge in [-0.15, -0.1) is 0 Å². The van der Waals surface area contributed by atoms with Crippen LogP contribution in [-0.4, -0.2) is 29.2 Å². The van der Waals surface area contributed by atoms with Gasteiger partial charge in [0.2, 0.25) is 5.91 Å². The molecule has 0 bridgehead atoms. The number of carbonyl (C=O) groups is 2. The number of hydrogen-bond acceptors (Lipinski definition) is 2. The van der Waals surface area contributed by atoms with Gasteiger partial charge in [0.15, 0.2) is 5.78 Å². The van der Waals surface area contributed by atoms with Crippen LogP contribution in [0.25, 0.3) is 0 Å². The first kappa shape index (κ1) is 14.2. The first-order valence-electron chi connectivity index (χ1n) is 6.92. The monoisotopic (exact) mass is 239 g/mol. The first-order valence-corrected chi connectivity index (χ1v) is 6.92. The van der Waals surface area contributed by atoms with Crippen LogP contribution in [0.3, 0.4) is 0 Å². The topological polar surface area (TPSA) is 37.4 Å². The maximum absolute atomic E-state index is 12.4. The maximum atomic E-state index is 12.4. The number of hydrogen-bond donors (Lipinski definition) is 0. The van der Waals surface area contributed by atoms with Crippen molar-refractivity contribution in [3.05, 3.63) is 0 Å². The summed E-state index contributed by atoms with van der Waals surface area (Å²) in [4.78, 5) is 25.7. The molecule has 0 aromatic carbocycles. The Morgan fingerprint density at radius 2 is 2.06 bits per heavy atom. The van der Waals surface area contributed by atoms with E-state index in [4.69, 9.17) is 0 Å². The molecule has 1 aliphatic heterocycles. The van der Waals surface area contributed by atoms with Crippen molar-refractivity contribution in [3.63, 3.8) is 0 Å². The van der Waals surface area contributed by atoms with Crippen molar-refractivity contribution in [2.45, 2.75) is 65.3 Å². The van der Waals surface area contributed by atoms with E-state index in [0.717, 1.165) is 45.1 Å². The molecule has 0 aromatic heterocycles. The van der Waals surface area contributed by atoms with E-state index in [9.17, 15) is 9.59 Å². The predicted octanol–water partition coefficient (Wildman–Crippen LogP) is 2.78. The molecule has 1 saturated heterocycles. The smallest absolute Gasteiger partial charge is 0.226 e. The predicted molar refractivity (Wildman–Crippen MR) is 68.7 cm³/mol. The second-order valence-corrected chi connectivity index (χ2v) is 5.05. The summed E-state index contributed by atoms with van der Waals surface area (Å²) in [5.41, 5.74) is 0. The number of unbranched alkanes of at least 4 members (excludes halogenated alkanes) is 1. The van der Waals surface area contributed by atoms with Gasteiger partial charge in [-0.25, -0.2) is 0 Å². The number of amides is 1. The van der Waals surface area contributed by atoms with Crippen molar-refractivity contribution in [2.24, 2.45) is 5.92 Å². The molecule has 0 aromatic rings. The first-order chi connectivity index (χ1) is 8.11. The van der Waals surface area contributed by atoms with Crippen LogP contribution in [0.4, 0.5) is 0 Å². The Hall–Kier alpha value is -0.860. The average Bonchev–Trinajstić information content (AvgIpc) is 2.78. The molecule has 1 rings (SSSR count). The fourth-order valence-corrected chi connectivity index (χ4v) is 2.64. The Morgan fingerprint density at radius 1 is 1.35 bits per heavy atom. The van der Waals surface area contributed by atoms with Crippen molar-refractivity contribution in [3.8, 4) is 0 Å². The third kappa shape index (κ3) is 3.55. The van der Waals surface area contributed by atoms with Crippen LogP contribution < -0.4 is 0 Å². The fourth-order valence-electron chi connectivity index (χ4n) is 2.64. The third-order valence-electron chi connectivity index (χ3n) is 3.75. The fraction of sp³-hybridized carbons (Fsp3) is 0.857. The zero-order chi connectivity index (χ0) is 12.8. The summed E-state index contributed by atoms with van der Waals surface area (Å²) < 4.78 is 0. The van der Waals surface area contributed by atoms with E-state index in [2.05, 4.69) is 13.8 Å². The Kier molecular flexibility index (Phi) is 5.66. The maximum Gasteiger partial charge on any atom is 0.226 e. The van der Waals surface area contributed by atoms with Crippen molar-refractivity contribution >= 4 is 11.7 Å². The number of ketones is 1. The number of rotatable bonds is 6. The van der Waals surface area contributed by atoms with Gasteiger partial charge in [-0.2, -0.15) is 0 Å². The van der Waals surface area contributed by atoms with Gasteiger partial charge < -0.3 is 4.90 Å². The quantitative estimate of drug-likeness (QED) is 0.714. The highest BCUT2D eigenvalue weighted by Crippen LogP contribution is 2.24. The average molecular weight is 239 g/mol. The van der Waals surface area contributed by atoms with Crippen molar-refractivity contribution in [1.29, 1.82) is 0 Å². The van der Waals surface area contributed by atoms with Crippen molar-refractivity contribution in [2.75, 3.05) is 6.54 Å². The van der Waals surface area contributed by atoms with Crippen LogP contribution in [0.1, 0.15) is 59.3 Å². The lowest BCUT2D eigenvalue weighted by molar-refractivity contribution is -0.140. The second-order valence-electron chi connectivity index (χ2n) is 5.05. The van der Waals surface area contributed by atoms with E-state index in [-0.39, 0.29) is 23.7 Å². The van der Waals surface area contributed by atoms with Crippen LogP contribution in [0, 0.1) is 5.92 Å². The van der Waals surface area contributed by atoms with Gasteiger partial charge in [0.05, 0.1) is 6.04 Å². The Labute approximate surface area is 105 Å². The molecule has 0 N–H and O–H groups in total. The Morgan fingerprint density at radius 3 is 2.59 bits per heavy atom. The Bertz CT molecular complexity index is 275. The zero-order valence-electron chi connectivity index (χ0n) is 11.4. The summed E-state index contributed by atoms with van der Waals surface area (Å²) in [5.74, 6) is 0.467. The van der Waals surface area contributed by atoms with Crippen molar-refractivity contribution < 1.29 is 9.59 Å². The highest BCUT2D eigenvalue weighted by molar-refractivity contribution is 5.88. The van der Waals surface area contributed by atoms with Gasteiger partial charge in [-0.3, -0.25) is 9.59 Å². The van der Waals surface area contributed by atoms with Gasteiger partial charge in [0.1, 0.15) is 0 Å². The SMILES string of the molecule is CCCC[C@@H](CC)C(=O)N1CCC[C@@H]1C(C)=O. The van der Waals surface area contributed by atoms with Crippen LogP contribution in [0.5, 0.6) is 0 Å². The van der Waals surface area contributed by atoms with E-state index >= 15 is 0 Å². The molecule has 0 aliphatic carbocycles. The highest BCUT2D eigenvalue weighted by Gasteiger charge is 2.34. The van der Waals surface area contributed by atoms with E-state index < -0.39 is 0 Å². The standard InChI is InChI=1S/C14H25NO2/c1-4-6-8-12(5-2)14(17)15-10-7-9-13(15)11(3)16/h12-13H,4-10H2,1-3H3/t12-,13-/m1/s1. The molecule has 0 spiro atoms. The zero-order valence-corrected chi connectivity index (χ0v) is 11.4. The molecule has 3 heteroatoms. The molecule has 1 fully saturated rings. The summed E-state index contributed by atoms with van der Waals surface area (Å²) in [6.45, 7) is 6.58. The molecule has 17 heavy (non-hydrogen) atoms. The normalized spacial score (nSPS) is 21.6. The van der Waals surface area contributed by atoms with E-state index in [1.807, 2.05) is 4.90 Å². The molecule has 0 radical (unpaired) electrons. The lowest BCUT2D eigenvalue weighted by Gasteiger charge is -2.27. The van der Waals surface area contributed by atoms with Gasteiger partial charge >= 0.3 is 0 Å². The molecule has 0 unspecified atom stereocenters. The minimum absolute atomic E-state index is 0.120. The molecule has 0 saturated carbocycles. The number of nitrogens with zero attached hydrogens (tertiary/aromatic N) is 1. The minimum Gasteiger partial charge on any atom is -0.332 e.